The van der Waals surface area contributed by atoms with Gasteiger partial charge < -0.3 is 9.26 Å². The molecule has 0 aliphatic carbocycles. The number of hydrogen-bond acceptors (Lipinski definition) is 7. The summed E-state index contributed by atoms with van der Waals surface area (Å²) in [7, 11) is 1.64. The molecular weight excluding hydrogens is 424 g/mol. The lowest BCUT2D eigenvalue weighted by atomic mass is 10.2. The van der Waals surface area contributed by atoms with E-state index >= 15 is 0 Å². The van der Waals surface area contributed by atoms with E-state index in [9.17, 15) is 4.79 Å². The first kappa shape index (κ1) is 22.0. The summed E-state index contributed by atoms with van der Waals surface area (Å²) in [5, 5.41) is 4.67. The number of thiazole rings is 1. The van der Waals surface area contributed by atoms with Crippen molar-refractivity contribution in [3.63, 3.8) is 0 Å². The Kier molecular flexibility index (Phi) is 6.80. The molecule has 32 heavy (non-hydrogen) atoms. The first-order valence-corrected chi connectivity index (χ1v) is 11.5. The fourth-order valence-corrected chi connectivity index (χ4v) is 4.30. The van der Waals surface area contributed by atoms with Gasteiger partial charge in [0.25, 0.3) is 0 Å². The third kappa shape index (κ3) is 5.13. The lowest BCUT2D eigenvalue weighted by Gasteiger charge is -2.20. The molecule has 7 nitrogen and oxygen atoms in total. The second-order valence-electron chi connectivity index (χ2n) is 7.85. The molecule has 2 heterocycles. The fraction of sp³-hybridized carbons (Fsp3) is 0.333. The Balaban J connectivity index is 1.51. The second kappa shape index (κ2) is 9.91. The van der Waals surface area contributed by atoms with Crippen molar-refractivity contribution in [2.24, 2.45) is 0 Å². The van der Waals surface area contributed by atoms with Gasteiger partial charge in [-0.1, -0.05) is 60.7 Å². The highest BCUT2D eigenvalue weighted by atomic mass is 32.1. The van der Waals surface area contributed by atoms with E-state index in [0.717, 1.165) is 21.5 Å². The first-order chi connectivity index (χ1) is 15.5. The topological polar surface area (TPSA) is 81.4 Å². The largest absolute Gasteiger partial charge is 0.497 e. The molecule has 0 saturated carbocycles. The number of carbonyl (C=O) groups is 1. The maximum atomic E-state index is 13.3. The summed E-state index contributed by atoms with van der Waals surface area (Å²) in [6, 6.07) is 15.7. The predicted octanol–water partition coefficient (Wildman–Crippen LogP) is 5.37. The summed E-state index contributed by atoms with van der Waals surface area (Å²) in [5.41, 5.74) is 1.90. The van der Waals surface area contributed by atoms with Gasteiger partial charge in [0.15, 0.2) is 11.0 Å². The quantitative estimate of drug-likeness (QED) is 0.341. The molecule has 166 valence electrons. The minimum Gasteiger partial charge on any atom is -0.497 e. The van der Waals surface area contributed by atoms with Crippen LogP contribution in [0.15, 0.2) is 53.1 Å². The van der Waals surface area contributed by atoms with Crippen LogP contribution in [0.25, 0.3) is 10.2 Å². The molecule has 4 aromatic rings. The van der Waals surface area contributed by atoms with E-state index in [0.29, 0.717) is 42.7 Å². The minimum atomic E-state index is 0.0171. The summed E-state index contributed by atoms with van der Waals surface area (Å²) in [6.45, 7) is 4.51. The number of fused-ring (bicyclic) bond motifs is 1. The Hall–Kier alpha value is -3.26. The lowest BCUT2D eigenvalue weighted by molar-refractivity contribution is -0.118. The van der Waals surface area contributed by atoms with Crippen molar-refractivity contribution < 1.29 is 14.1 Å². The van der Waals surface area contributed by atoms with E-state index in [2.05, 4.69) is 10.1 Å². The molecule has 1 amide bonds. The number of benzene rings is 2. The highest BCUT2D eigenvalue weighted by Gasteiger charge is 2.21. The van der Waals surface area contributed by atoms with Crippen LogP contribution in [0.3, 0.4) is 0 Å². The average Bonchev–Trinajstić information content (AvgIpc) is 3.44. The summed E-state index contributed by atoms with van der Waals surface area (Å²) >= 11 is 1.49. The van der Waals surface area contributed by atoms with Crippen LogP contribution in [-0.4, -0.2) is 28.1 Å². The first-order valence-electron chi connectivity index (χ1n) is 10.6. The van der Waals surface area contributed by atoms with Crippen molar-refractivity contribution >= 4 is 32.6 Å². The number of rotatable bonds is 9. The summed E-state index contributed by atoms with van der Waals surface area (Å²) in [5.74, 6) is 2.27. The second-order valence-corrected chi connectivity index (χ2v) is 8.86. The molecule has 0 aliphatic rings. The van der Waals surface area contributed by atoms with Gasteiger partial charge in [-0.15, -0.1) is 0 Å². The van der Waals surface area contributed by atoms with E-state index in [-0.39, 0.29) is 11.8 Å². The van der Waals surface area contributed by atoms with Crippen molar-refractivity contribution in [3.8, 4) is 5.75 Å². The van der Waals surface area contributed by atoms with Gasteiger partial charge in [0.2, 0.25) is 11.8 Å². The smallest absolute Gasteiger partial charge is 0.229 e. The standard InChI is InChI=1S/C24H26N4O3S/c1-16(2)23-26-21(31-27-23)10-7-11-22(29)28(15-17-8-5-4-6-9-17)24-25-19-13-12-18(30-3)14-20(19)32-24/h4-6,8-9,12-14,16H,7,10-11,15H2,1-3H3. The van der Waals surface area contributed by atoms with E-state index in [4.69, 9.17) is 14.2 Å². The van der Waals surface area contributed by atoms with Crippen molar-refractivity contribution in [3.05, 3.63) is 65.8 Å². The van der Waals surface area contributed by atoms with Gasteiger partial charge in [-0.05, 0) is 30.2 Å². The van der Waals surface area contributed by atoms with Crippen LogP contribution in [0.2, 0.25) is 0 Å². The summed E-state index contributed by atoms with van der Waals surface area (Å²) in [6.07, 6.45) is 1.57. The number of hydrogen-bond donors (Lipinski definition) is 0. The van der Waals surface area contributed by atoms with Crippen LogP contribution in [0, 0.1) is 0 Å². The van der Waals surface area contributed by atoms with E-state index in [1.807, 2.05) is 62.4 Å². The van der Waals surface area contributed by atoms with Crippen LogP contribution < -0.4 is 9.64 Å². The van der Waals surface area contributed by atoms with Gasteiger partial charge in [-0.2, -0.15) is 4.98 Å². The van der Waals surface area contributed by atoms with Gasteiger partial charge in [0.1, 0.15) is 5.75 Å². The van der Waals surface area contributed by atoms with Gasteiger partial charge in [0, 0.05) is 18.8 Å². The number of carbonyl (C=O) groups excluding carboxylic acids is 1. The number of methoxy groups -OCH3 is 1. The number of aryl methyl sites for hydroxylation is 1. The third-order valence-electron chi connectivity index (χ3n) is 5.08. The number of nitrogens with zero attached hydrogens (tertiary/aromatic N) is 4. The Bertz CT molecular complexity index is 1190. The Morgan fingerprint density at radius 2 is 1.97 bits per heavy atom. The van der Waals surface area contributed by atoms with E-state index in [1.165, 1.54) is 11.3 Å². The highest BCUT2D eigenvalue weighted by molar-refractivity contribution is 7.22. The zero-order chi connectivity index (χ0) is 22.5. The molecule has 0 unspecified atom stereocenters. The number of anilines is 1. The zero-order valence-electron chi connectivity index (χ0n) is 18.4. The average molecular weight is 451 g/mol. The molecule has 8 heteroatoms. The molecule has 0 aliphatic heterocycles. The van der Waals surface area contributed by atoms with Crippen molar-refractivity contribution in [1.82, 2.24) is 15.1 Å². The highest BCUT2D eigenvalue weighted by Crippen LogP contribution is 2.32. The third-order valence-corrected chi connectivity index (χ3v) is 6.12. The van der Waals surface area contributed by atoms with E-state index in [1.54, 1.807) is 12.0 Å². The van der Waals surface area contributed by atoms with Gasteiger partial charge in [-0.3, -0.25) is 9.69 Å². The van der Waals surface area contributed by atoms with Crippen molar-refractivity contribution in [2.75, 3.05) is 12.0 Å². The summed E-state index contributed by atoms with van der Waals surface area (Å²) < 4.78 is 11.6. The number of aromatic nitrogens is 3. The molecule has 0 radical (unpaired) electrons. The molecule has 0 bridgehead atoms. The normalized spacial score (nSPS) is 11.2. The molecule has 2 aromatic carbocycles. The fourth-order valence-electron chi connectivity index (χ4n) is 3.29. The lowest BCUT2D eigenvalue weighted by Crippen LogP contribution is -2.30. The SMILES string of the molecule is COc1ccc2nc(N(Cc3ccccc3)C(=O)CCCc3nc(C(C)C)no3)sc2c1. The number of amides is 1. The van der Waals surface area contributed by atoms with Gasteiger partial charge >= 0.3 is 0 Å². The summed E-state index contributed by atoms with van der Waals surface area (Å²) in [4.78, 5) is 24.1. The molecular formula is C24H26N4O3S. The van der Waals surface area contributed by atoms with Crippen LogP contribution in [-0.2, 0) is 17.8 Å². The maximum absolute atomic E-state index is 13.3. The van der Waals surface area contributed by atoms with Gasteiger partial charge in [-0.25, -0.2) is 4.98 Å². The molecule has 0 atom stereocenters. The van der Waals surface area contributed by atoms with Crippen LogP contribution in [0.5, 0.6) is 5.75 Å². The molecule has 4 rings (SSSR count). The van der Waals surface area contributed by atoms with Crippen LogP contribution >= 0.6 is 11.3 Å². The van der Waals surface area contributed by atoms with Crippen molar-refractivity contribution in [1.29, 1.82) is 0 Å². The molecule has 0 fully saturated rings. The minimum absolute atomic E-state index is 0.0171. The van der Waals surface area contributed by atoms with Crippen LogP contribution in [0.1, 0.15) is 49.9 Å². The molecule has 0 saturated heterocycles. The van der Waals surface area contributed by atoms with Gasteiger partial charge in [0.05, 0.1) is 23.9 Å². The molecule has 0 N–H and O–H groups in total. The van der Waals surface area contributed by atoms with Crippen molar-refractivity contribution in [2.45, 2.75) is 45.6 Å². The Morgan fingerprint density at radius 1 is 1.16 bits per heavy atom. The molecule has 2 aromatic heterocycles. The zero-order valence-corrected chi connectivity index (χ0v) is 19.3. The predicted molar refractivity (Wildman–Crippen MR) is 125 cm³/mol. The monoisotopic (exact) mass is 450 g/mol. The maximum Gasteiger partial charge on any atom is 0.229 e. The van der Waals surface area contributed by atoms with E-state index < -0.39 is 0 Å². The van der Waals surface area contributed by atoms with Crippen LogP contribution in [0.4, 0.5) is 5.13 Å². The molecule has 0 spiro atoms. The number of ether oxygens (including phenoxy) is 1. The Morgan fingerprint density at radius 3 is 2.69 bits per heavy atom. The Labute approximate surface area is 191 Å².